The van der Waals surface area contributed by atoms with Crippen molar-refractivity contribution in [3.05, 3.63) is 6.20 Å². The van der Waals surface area contributed by atoms with Gasteiger partial charge in [-0.3, -0.25) is 5.10 Å². The zero-order chi connectivity index (χ0) is 8.10. The molecule has 4 nitrogen and oxygen atoms in total. The number of nitrogens with two attached hydrogens (primary N) is 1. The van der Waals surface area contributed by atoms with Crippen LogP contribution in [0, 0.1) is 0 Å². The molecule has 0 radical (unpaired) electrons. The predicted molar refractivity (Wildman–Crippen MR) is 45.6 cm³/mol. The monoisotopic (exact) mass is 173 g/mol. The topological polar surface area (TPSA) is 63.9 Å². The molecular formula is C6H11N3OS. The van der Waals surface area contributed by atoms with E-state index in [1.54, 1.807) is 25.1 Å². The van der Waals surface area contributed by atoms with Gasteiger partial charge in [0, 0.05) is 12.9 Å². The SMILES string of the molecule is COCCSc1cn[nH]c1N. The highest BCUT2D eigenvalue weighted by Crippen LogP contribution is 2.21. The molecule has 0 saturated carbocycles. The van der Waals surface area contributed by atoms with E-state index in [9.17, 15) is 0 Å². The lowest BCUT2D eigenvalue weighted by atomic mass is 10.7. The maximum Gasteiger partial charge on any atom is 0.132 e. The van der Waals surface area contributed by atoms with E-state index in [0.717, 1.165) is 17.3 Å². The lowest BCUT2D eigenvalue weighted by molar-refractivity contribution is 0.218. The van der Waals surface area contributed by atoms with Gasteiger partial charge in [0.1, 0.15) is 5.82 Å². The fourth-order valence-corrected chi connectivity index (χ4v) is 1.43. The first-order valence-corrected chi connectivity index (χ1v) is 4.23. The highest BCUT2D eigenvalue weighted by atomic mass is 32.2. The molecule has 0 aliphatic rings. The van der Waals surface area contributed by atoms with Crippen LogP contribution in [0.15, 0.2) is 11.1 Å². The van der Waals surface area contributed by atoms with Crippen LogP contribution in [0.5, 0.6) is 0 Å². The molecule has 3 N–H and O–H groups in total. The van der Waals surface area contributed by atoms with Crippen molar-refractivity contribution in [2.24, 2.45) is 0 Å². The van der Waals surface area contributed by atoms with Crippen LogP contribution in [-0.2, 0) is 4.74 Å². The average molecular weight is 173 g/mol. The summed E-state index contributed by atoms with van der Waals surface area (Å²) in [5, 5.41) is 6.45. The summed E-state index contributed by atoms with van der Waals surface area (Å²) in [5.74, 6) is 1.53. The van der Waals surface area contributed by atoms with Crippen LogP contribution in [0.1, 0.15) is 0 Å². The van der Waals surface area contributed by atoms with Gasteiger partial charge in [-0.05, 0) is 0 Å². The van der Waals surface area contributed by atoms with Gasteiger partial charge in [-0.2, -0.15) is 5.10 Å². The number of thioether (sulfide) groups is 1. The average Bonchev–Trinajstić information content (AvgIpc) is 2.37. The van der Waals surface area contributed by atoms with E-state index in [1.165, 1.54) is 0 Å². The number of ether oxygens (including phenoxy) is 1. The number of aromatic nitrogens is 2. The van der Waals surface area contributed by atoms with E-state index in [-0.39, 0.29) is 0 Å². The summed E-state index contributed by atoms with van der Waals surface area (Å²) in [4.78, 5) is 0.988. The van der Waals surface area contributed by atoms with Crippen LogP contribution in [0.2, 0.25) is 0 Å². The Bertz CT molecular complexity index is 213. The van der Waals surface area contributed by atoms with Crippen molar-refractivity contribution < 1.29 is 4.74 Å². The third-order valence-corrected chi connectivity index (χ3v) is 2.18. The van der Waals surface area contributed by atoms with Crippen molar-refractivity contribution in [2.45, 2.75) is 4.90 Å². The summed E-state index contributed by atoms with van der Waals surface area (Å²) in [7, 11) is 1.68. The Morgan fingerprint density at radius 3 is 3.18 bits per heavy atom. The number of nitrogens with one attached hydrogen (secondary N) is 1. The Hall–Kier alpha value is -0.680. The van der Waals surface area contributed by atoms with E-state index in [0.29, 0.717) is 5.82 Å². The number of H-pyrrole nitrogens is 1. The van der Waals surface area contributed by atoms with Crippen LogP contribution in [0.3, 0.4) is 0 Å². The summed E-state index contributed by atoms with van der Waals surface area (Å²) in [6, 6.07) is 0. The zero-order valence-corrected chi connectivity index (χ0v) is 7.15. The van der Waals surface area contributed by atoms with Gasteiger partial charge in [0.05, 0.1) is 17.7 Å². The molecule has 0 aromatic carbocycles. The first kappa shape index (κ1) is 8.42. The Balaban J connectivity index is 2.32. The third kappa shape index (κ3) is 2.44. The molecule has 0 fully saturated rings. The van der Waals surface area contributed by atoms with Gasteiger partial charge in [-0.15, -0.1) is 11.8 Å². The molecule has 0 atom stereocenters. The maximum atomic E-state index is 5.54. The minimum Gasteiger partial charge on any atom is -0.384 e. The number of rotatable bonds is 4. The number of hydrogen-bond acceptors (Lipinski definition) is 4. The molecule has 0 unspecified atom stereocenters. The largest absolute Gasteiger partial charge is 0.384 e. The van der Waals surface area contributed by atoms with Crippen molar-refractivity contribution in [3.8, 4) is 0 Å². The first-order chi connectivity index (χ1) is 5.34. The van der Waals surface area contributed by atoms with Crippen molar-refractivity contribution >= 4 is 17.6 Å². The molecule has 0 aliphatic carbocycles. The van der Waals surface area contributed by atoms with E-state index in [1.807, 2.05) is 0 Å². The number of aromatic amines is 1. The second kappa shape index (κ2) is 4.25. The van der Waals surface area contributed by atoms with Gasteiger partial charge < -0.3 is 10.5 Å². The second-order valence-electron chi connectivity index (χ2n) is 1.99. The summed E-state index contributed by atoms with van der Waals surface area (Å²) in [5.41, 5.74) is 5.54. The van der Waals surface area contributed by atoms with E-state index < -0.39 is 0 Å². The molecule has 1 rings (SSSR count). The molecule has 11 heavy (non-hydrogen) atoms. The van der Waals surface area contributed by atoms with Gasteiger partial charge in [-0.25, -0.2) is 0 Å². The minimum absolute atomic E-state index is 0.631. The van der Waals surface area contributed by atoms with Crippen LogP contribution >= 0.6 is 11.8 Å². The normalized spacial score (nSPS) is 10.3. The number of nitrogen functional groups attached to an aromatic ring is 1. The van der Waals surface area contributed by atoms with Crippen molar-refractivity contribution in [3.63, 3.8) is 0 Å². The Kier molecular flexibility index (Phi) is 3.25. The standard InChI is InChI=1S/C6H11N3OS/c1-10-2-3-11-5-4-8-9-6(5)7/h4H,2-3H2,1H3,(H3,7,8,9). The molecule has 5 heteroatoms. The molecule has 1 aromatic heterocycles. The molecule has 1 heterocycles. The highest BCUT2D eigenvalue weighted by molar-refractivity contribution is 7.99. The predicted octanol–water partition coefficient (Wildman–Crippen LogP) is 0.730. The van der Waals surface area contributed by atoms with Gasteiger partial charge in [0.15, 0.2) is 0 Å². The van der Waals surface area contributed by atoms with E-state index in [4.69, 9.17) is 10.5 Å². The van der Waals surface area contributed by atoms with Gasteiger partial charge in [0.25, 0.3) is 0 Å². The van der Waals surface area contributed by atoms with Crippen molar-refractivity contribution in [2.75, 3.05) is 25.2 Å². The number of hydrogen-bond donors (Lipinski definition) is 2. The smallest absolute Gasteiger partial charge is 0.132 e. The number of methoxy groups -OCH3 is 1. The third-order valence-electron chi connectivity index (χ3n) is 1.18. The quantitative estimate of drug-likeness (QED) is 0.520. The molecule has 0 aliphatic heterocycles. The number of nitrogens with zero attached hydrogens (tertiary/aromatic N) is 1. The van der Waals surface area contributed by atoms with Gasteiger partial charge in [0.2, 0.25) is 0 Å². The van der Waals surface area contributed by atoms with Gasteiger partial charge in [-0.1, -0.05) is 0 Å². The molecule has 0 saturated heterocycles. The summed E-state index contributed by atoms with van der Waals surface area (Å²) >= 11 is 1.63. The summed E-state index contributed by atoms with van der Waals surface area (Å²) in [6.07, 6.45) is 1.72. The Morgan fingerprint density at radius 1 is 1.82 bits per heavy atom. The zero-order valence-electron chi connectivity index (χ0n) is 6.33. The van der Waals surface area contributed by atoms with Crippen LogP contribution in [0.25, 0.3) is 0 Å². The fraction of sp³-hybridized carbons (Fsp3) is 0.500. The maximum absolute atomic E-state index is 5.54. The van der Waals surface area contributed by atoms with Crippen molar-refractivity contribution in [1.29, 1.82) is 0 Å². The van der Waals surface area contributed by atoms with Crippen LogP contribution in [0.4, 0.5) is 5.82 Å². The Morgan fingerprint density at radius 2 is 2.64 bits per heavy atom. The summed E-state index contributed by atoms with van der Waals surface area (Å²) in [6.45, 7) is 0.731. The lowest BCUT2D eigenvalue weighted by Gasteiger charge is -1.97. The van der Waals surface area contributed by atoms with E-state index >= 15 is 0 Å². The van der Waals surface area contributed by atoms with E-state index in [2.05, 4.69) is 10.2 Å². The molecule has 0 spiro atoms. The first-order valence-electron chi connectivity index (χ1n) is 3.25. The highest BCUT2D eigenvalue weighted by Gasteiger charge is 1.99. The number of anilines is 1. The Labute approximate surface area is 69.5 Å². The fourth-order valence-electron chi connectivity index (χ4n) is 0.635. The minimum atomic E-state index is 0.631. The molecule has 0 amide bonds. The molecule has 1 aromatic rings. The van der Waals surface area contributed by atoms with Crippen LogP contribution in [-0.4, -0.2) is 29.7 Å². The molecule has 62 valence electrons. The molecule has 0 bridgehead atoms. The lowest BCUT2D eigenvalue weighted by Crippen LogP contribution is -1.92. The molecular weight excluding hydrogens is 162 g/mol. The second-order valence-corrected chi connectivity index (χ2v) is 3.13. The van der Waals surface area contributed by atoms with Crippen LogP contribution < -0.4 is 5.73 Å². The van der Waals surface area contributed by atoms with Gasteiger partial charge >= 0.3 is 0 Å². The summed E-state index contributed by atoms with van der Waals surface area (Å²) < 4.78 is 4.89. The van der Waals surface area contributed by atoms with Crippen molar-refractivity contribution in [1.82, 2.24) is 10.2 Å².